The summed E-state index contributed by atoms with van der Waals surface area (Å²) in [6, 6.07) is 0. The summed E-state index contributed by atoms with van der Waals surface area (Å²) in [5, 5.41) is 8.68. The lowest BCUT2D eigenvalue weighted by Crippen LogP contribution is -2.17. The lowest BCUT2D eigenvalue weighted by atomic mass is 10.0. The average Bonchev–Trinajstić information content (AvgIpc) is 2.36. The van der Waals surface area contributed by atoms with E-state index in [1.54, 1.807) is 7.11 Å². The van der Waals surface area contributed by atoms with Crippen molar-refractivity contribution in [3.8, 4) is 0 Å². The van der Waals surface area contributed by atoms with E-state index in [0.29, 0.717) is 18.6 Å². The molecule has 1 aliphatic carbocycles. The van der Waals surface area contributed by atoms with Gasteiger partial charge in [0.2, 0.25) is 0 Å². The Hall–Kier alpha value is -0.0800. The molecule has 0 aromatic carbocycles. The zero-order valence-corrected chi connectivity index (χ0v) is 6.55. The second kappa shape index (κ2) is 3.94. The molecular weight excluding hydrogens is 128 g/mol. The summed E-state index contributed by atoms with van der Waals surface area (Å²) in [5.41, 5.74) is 0. The largest absolute Gasteiger partial charge is 0.396 e. The second-order valence-electron chi connectivity index (χ2n) is 2.98. The highest BCUT2D eigenvalue weighted by Gasteiger charge is 2.25. The van der Waals surface area contributed by atoms with Gasteiger partial charge in [-0.2, -0.15) is 0 Å². The van der Waals surface area contributed by atoms with Gasteiger partial charge in [-0.1, -0.05) is 6.42 Å². The summed E-state index contributed by atoms with van der Waals surface area (Å²) in [6.45, 7) is 0.310. The van der Waals surface area contributed by atoms with Gasteiger partial charge in [-0.25, -0.2) is 0 Å². The van der Waals surface area contributed by atoms with E-state index in [9.17, 15) is 0 Å². The second-order valence-corrected chi connectivity index (χ2v) is 2.98. The maximum Gasteiger partial charge on any atom is 0.0600 e. The quantitative estimate of drug-likeness (QED) is 0.644. The topological polar surface area (TPSA) is 29.5 Å². The Morgan fingerprint density at radius 1 is 1.50 bits per heavy atom. The van der Waals surface area contributed by atoms with E-state index in [-0.39, 0.29) is 0 Å². The summed E-state index contributed by atoms with van der Waals surface area (Å²) in [7, 11) is 1.76. The number of rotatable bonds is 3. The molecule has 0 saturated heterocycles. The van der Waals surface area contributed by atoms with Crippen molar-refractivity contribution in [1.29, 1.82) is 0 Å². The molecule has 0 aliphatic heterocycles. The highest BCUT2D eigenvalue weighted by Crippen LogP contribution is 2.29. The Balaban J connectivity index is 2.27. The Labute approximate surface area is 62.2 Å². The number of aliphatic hydroxyl groups excluding tert-OH is 1. The summed E-state index contributed by atoms with van der Waals surface area (Å²) < 4.78 is 5.27. The van der Waals surface area contributed by atoms with Crippen LogP contribution in [-0.4, -0.2) is 24.9 Å². The molecule has 60 valence electrons. The van der Waals surface area contributed by atoms with Crippen LogP contribution >= 0.6 is 0 Å². The van der Waals surface area contributed by atoms with Crippen LogP contribution in [0.4, 0.5) is 0 Å². The standard InChI is InChI=1S/C8H16O2/c1-10-8-4-2-3-7(8)5-6-9/h7-9H,2-6H2,1H3/t7-,8-/m1/s1. The zero-order chi connectivity index (χ0) is 7.40. The van der Waals surface area contributed by atoms with E-state index in [2.05, 4.69) is 0 Å². The van der Waals surface area contributed by atoms with Crippen LogP contribution in [0.1, 0.15) is 25.7 Å². The highest BCUT2D eigenvalue weighted by molar-refractivity contribution is 4.77. The number of ether oxygens (including phenoxy) is 1. The van der Waals surface area contributed by atoms with Crippen LogP contribution < -0.4 is 0 Å². The smallest absolute Gasteiger partial charge is 0.0600 e. The molecule has 1 N–H and O–H groups in total. The summed E-state index contributed by atoms with van der Waals surface area (Å²) in [6.07, 6.45) is 5.02. The van der Waals surface area contributed by atoms with E-state index in [4.69, 9.17) is 9.84 Å². The number of aliphatic hydroxyl groups is 1. The molecular formula is C8H16O2. The highest BCUT2D eigenvalue weighted by atomic mass is 16.5. The van der Waals surface area contributed by atoms with E-state index < -0.39 is 0 Å². The Kier molecular flexibility index (Phi) is 3.16. The zero-order valence-electron chi connectivity index (χ0n) is 6.55. The Morgan fingerprint density at radius 2 is 2.30 bits per heavy atom. The minimum absolute atomic E-state index is 0.310. The molecule has 2 heteroatoms. The molecule has 0 unspecified atom stereocenters. The van der Waals surface area contributed by atoms with Crippen molar-refractivity contribution in [2.45, 2.75) is 31.8 Å². The van der Waals surface area contributed by atoms with E-state index in [1.807, 2.05) is 0 Å². The minimum Gasteiger partial charge on any atom is -0.396 e. The van der Waals surface area contributed by atoms with Crippen LogP contribution in [0, 0.1) is 5.92 Å². The Bertz CT molecular complexity index is 93.3. The van der Waals surface area contributed by atoms with Crippen molar-refractivity contribution in [3.05, 3.63) is 0 Å². The molecule has 2 nitrogen and oxygen atoms in total. The SMILES string of the molecule is CO[C@@H]1CCC[C@@H]1CCO. The molecule has 0 spiro atoms. The third-order valence-electron chi connectivity index (χ3n) is 2.39. The number of methoxy groups -OCH3 is 1. The monoisotopic (exact) mass is 144 g/mol. The molecule has 0 aromatic heterocycles. The third kappa shape index (κ3) is 1.70. The summed E-state index contributed by atoms with van der Waals surface area (Å²) in [5.74, 6) is 0.620. The number of hydrogen-bond donors (Lipinski definition) is 1. The normalized spacial score (nSPS) is 33.0. The molecule has 0 radical (unpaired) electrons. The molecule has 1 saturated carbocycles. The van der Waals surface area contributed by atoms with Crippen molar-refractivity contribution < 1.29 is 9.84 Å². The molecule has 0 aromatic rings. The molecule has 0 amide bonds. The van der Waals surface area contributed by atoms with Gasteiger partial charge in [0.05, 0.1) is 6.10 Å². The first-order valence-electron chi connectivity index (χ1n) is 4.02. The van der Waals surface area contributed by atoms with Gasteiger partial charge in [-0.05, 0) is 25.2 Å². The molecule has 1 fully saturated rings. The average molecular weight is 144 g/mol. The van der Waals surface area contributed by atoms with Gasteiger partial charge in [0, 0.05) is 13.7 Å². The molecule has 0 bridgehead atoms. The van der Waals surface area contributed by atoms with Crippen LogP contribution in [0.2, 0.25) is 0 Å². The molecule has 0 heterocycles. The maximum atomic E-state index is 8.68. The first-order valence-corrected chi connectivity index (χ1v) is 4.02. The van der Waals surface area contributed by atoms with Gasteiger partial charge in [-0.3, -0.25) is 0 Å². The molecule has 2 atom stereocenters. The molecule has 1 rings (SSSR count). The summed E-state index contributed by atoms with van der Waals surface area (Å²) >= 11 is 0. The van der Waals surface area contributed by atoms with Gasteiger partial charge in [0.15, 0.2) is 0 Å². The van der Waals surface area contributed by atoms with Crippen molar-refractivity contribution in [2.24, 2.45) is 5.92 Å². The van der Waals surface area contributed by atoms with Gasteiger partial charge >= 0.3 is 0 Å². The Morgan fingerprint density at radius 3 is 2.90 bits per heavy atom. The first kappa shape index (κ1) is 8.02. The van der Waals surface area contributed by atoms with E-state index in [1.165, 1.54) is 19.3 Å². The fraction of sp³-hybridized carbons (Fsp3) is 1.00. The van der Waals surface area contributed by atoms with Crippen molar-refractivity contribution in [2.75, 3.05) is 13.7 Å². The predicted molar refractivity (Wildman–Crippen MR) is 39.8 cm³/mol. The fourth-order valence-electron chi connectivity index (χ4n) is 1.81. The summed E-state index contributed by atoms with van der Waals surface area (Å²) in [4.78, 5) is 0. The van der Waals surface area contributed by atoms with Crippen molar-refractivity contribution >= 4 is 0 Å². The maximum absolute atomic E-state index is 8.68. The van der Waals surface area contributed by atoms with E-state index >= 15 is 0 Å². The van der Waals surface area contributed by atoms with Crippen LogP contribution in [0.5, 0.6) is 0 Å². The minimum atomic E-state index is 0.310. The molecule has 10 heavy (non-hydrogen) atoms. The van der Waals surface area contributed by atoms with Gasteiger partial charge in [0.25, 0.3) is 0 Å². The van der Waals surface area contributed by atoms with Crippen molar-refractivity contribution in [3.63, 3.8) is 0 Å². The van der Waals surface area contributed by atoms with Crippen molar-refractivity contribution in [1.82, 2.24) is 0 Å². The lowest BCUT2D eigenvalue weighted by Gasteiger charge is -2.16. The third-order valence-corrected chi connectivity index (χ3v) is 2.39. The molecule has 1 aliphatic rings. The van der Waals surface area contributed by atoms with E-state index in [0.717, 1.165) is 6.42 Å². The number of hydrogen-bond acceptors (Lipinski definition) is 2. The van der Waals surface area contributed by atoms with Gasteiger partial charge in [0.1, 0.15) is 0 Å². The first-order chi connectivity index (χ1) is 4.88. The van der Waals surface area contributed by atoms with Crippen LogP contribution in [0.15, 0.2) is 0 Å². The van der Waals surface area contributed by atoms with Crippen LogP contribution in [-0.2, 0) is 4.74 Å². The van der Waals surface area contributed by atoms with Crippen LogP contribution in [0.3, 0.4) is 0 Å². The van der Waals surface area contributed by atoms with Crippen LogP contribution in [0.25, 0.3) is 0 Å². The lowest BCUT2D eigenvalue weighted by molar-refractivity contribution is 0.0608. The fourth-order valence-corrected chi connectivity index (χ4v) is 1.81. The predicted octanol–water partition coefficient (Wildman–Crippen LogP) is 1.18. The van der Waals surface area contributed by atoms with Gasteiger partial charge in [-0.15, -0.1) is 0 Å². The van der Waals surface area contributed by atoms with Gasteiger partial charge < -0.3 is 9.84 Å².